The van der Waals surface area contributed by atoms with Crippen LogP contribution in [-0.2, 0) is 9.59 Å². The van der Waals surface area contributed by atoms with Crippen LogP contribution in [0.25, 0.3) is 10.8 Å². The molecule has 3 aromatic rings. The predicted octanol–water partition coefficient (Wildman–Crippen LogP) is 5.52. The Kier molecular flexibility index (Phi) is 5.97. The van der Waals surface area contributed by atoms with Gasteiger partial charge in [0.25, 0.3) is 5.69 Å². The molecule has 2 aliphatic rings. The zero-order valence-corrected chi connectivity index (χ0v) is 19.4. The van der Waals surface area contributed by atoms with Crippen LogP contribution >= 0.6 is 23.4 Å². The molecule has 2 amide bonds. The number of benzene rings is 3. The molecule has 1 atom stereocenters. The van der Waals surface area contributed by atoms with Crippen LogP contribution in [0.3, 0.4) is 0 Å². The summed E-state index contributed by atoms with van der Waals surface area (Å²) in [7, 11) is 0. The van der Waals surface area contributed by atoms with E-state index in [1.807, 2.05) is 42.5 Å². The number of nitrogens with one attached hydrogen (secondary N) is 1. The smallest absolute Gasteiger partial charge is 0.271 e. The van der Waals surface area contributed by atoms with E-state index in [1.165, 1.54) is 30.0 Å². The maximum Gasteiger partial charge on any atom is 0.271 e. The second-order valence-electron chi connectivity index (χ2n) is 8.11. The number of carbonyl (C=O) groups is 2. The zero-order chi connectivity index (χ0) is 23.8. The van der Waals surface area contributed by atoms with Crippen molar-refractivity contribution >= 4 is 68.2 Å². The Morgan fingerprint density at radius 3 is 2.71 bits per heavy atom. The number of anilines is 1. The van der Waals surface area contributed by atoms with Gasteiger partial charge in [0.05, 0.1) is 21.3 Å². The number of hydrogen-bond acceptors (Lipinski definition) is 6. The van der Waals surface area contributed by atoms with Crippen molar-refractivity contribution in [2.75, 3.05) is 5.32 Å². The largest absolute Gasteiger partial charge is 0.325 e. The van der Waals surface area contributed by atoms with Crippen LogP contribution in [0.1, 0.15) is 19.3 Å². The first kappa shape index (κ1) is 22.4. The number of amidine groups is 1. The molecule has 0 aromatic heterocycles. The van der Waals surface area contributed by atoms with E-state index in [9.17, 15) is 19.7 Å². The fraction of sp³-hybridized carbons (Fsp3) is 0.208. The Labute approximate surface area is 204 Å². The first-order valence-corrected chi connectivity index (χ1v) is 12.0. The molecular weight excluding hydrogens is 476 g/mol. The van der Waals surface area contributed by atoms with E-state index in [1.54, 1.807) is 4.90 Å². The molecule has 3 aromatic carbocycles. The van der Waals surface area contributed by atoms with Gasteiger partial charge in [0, 0.05) is 30.0 Å². The number of halogens is 1. The number of aliphatic imine (C=N–C) groups is 1. The van der Waals surface area contributed by atoms with Gasteiger partial charge < -0.3 is 5.32 Å². The van der Waals surface area contributed by atoms with Crippen molar-refractivity contribution in [2.45, 2.75) is 30.6 Å². The first-order chi connectivity index (χ1) is 16.4. The second-order valence-corrected chi connectivity index (χ2v) is 9.69. The van der Waals surface area contributed by atoms with Gasteiger partial charge >= 0.3 is 0 Å². The number of nitro groups is 1. The highest BCUT2D eigenvalue weighted by atomic mass is 35.5. The van der Waals surface area contributed by atoms with Crippen molar-refractivity contribution in [3.63, 3.8) is 0 Å². The van der Waals surface area contributed by atoms with Gasteiger partial charge in [-0.15, -0.1) is 0 Å². The first-order valence-electron chi connectivity index (χ1n) is 10.7. The van der Waals surface area contributed by atoms with Crippen LogP contribution in [0.2, 0.25) is 5.02 Å². The van der Waals surface area contributed by atoms with Gasteiger partial charge in [-0.2, -0.15) is 0 Å². The Morgan fingerprint density at radius 1 is 1.18 bits per heavy atom. The molecule has 2 fully saturated rings. The molecule has 1 aliphatic carbocycles. The third-order valence-corrected chi connectivity index (χ3v) is 7.15. The van der Waals surface area contributed by atoms with Crippen molar-refractivity contribution < 1.29 is 14.5 Å². The van der Waals surface area contributed by atoms with E-state index < -0.39 is 16.1 Å². The summed E-state index contributed by atoms with van der Waals surface area (Å²) >= 11 is 7.36. The summed E-state index contributed by atoms with van der Waals surface area (Å²) in [4.78, 5) is 42.9. The van der Waals surface area contributed by atoms with E-state index in [2.05, 4.69) is 5.32 Å². The Bertz CT molecular complexity index is 1350. The summed E-state index contributed by atoms with van der Waals surface area (Å²) in [5.74, 6) is -0.595. The third-order valence-electron chi connectivity index (χ3n) is 5.67. The maximum atomic E-state index is 13.2. The van der Waals surface area contributed by atoms with E-state index in [4.69, 9.17) is 16.6 Å². The van der Waals surface area contributed by atoms with Gasteiger partial charge in [0.15, 0.2) is 5.17 Å². The van der Waals surface area contributed by atoms with Gasteiger partial charge in [0.2, 0.25) is 11.8 Å². The highest BCUT2D eigenvalue weighted by Gasteiger charge is 2.46. The molecule has 0 bridgehead atoms. The molecule has 1 heterocycles. The lowest BCUT2D eigenvalue weighted by molar-refractivity contribution is -0.384. The second kappa shape index (κ2) is 9.08. The standard InChI is InChI=1S/C24H19ClN4O4S/c25-18-11-10-16(29(32)33)12-20(18)26-22(30)13-21-23(31)28(15-8-9-15)24(34-21)27-19-7-3-5-14-4-1-2-6-17(14)19/h1-7,10-12,15,21H,8-9,13H2,(H,26,30). The number of non-ortho nitro benzene ring substituents is 1. The predicted molar refractivity (Wildman–Crippen MR) is 134 cm³/mol. The topological polar surface area (TPSA) is 105 Å². The monoisotopic (exact) mass is 494 g/mol. The Balaban J connectivity index is 1.37. The highest BCUT2D eigenvalue weighted by Crippen LogP contribution is 2.40. The maximum absolute atomic E-state index is 13.2. The zero-order valence-electron chi connectivity index (χ0n) is 17.8. The van der Waals surface area contributed by atoms with Crippen LogP contribution in [-0.4, -0.2) is 38.1 Å². The third kappa shape index (κ3) is 4.49. The fourth-order valence-electron chi connectivity index (χ4n) is 3.86. The summed E-state index contributed by atoms with van der Waals surface area (Å²) < 4.78 is 0. The van der Waals surface area contributed by atoms with E-state index in [0.29, 0.717) is 5.17 Å². The molecule has 1 saturated heterocycles. The van der Waals surface area contributed by atoms with Crippen LogP contribution in [0, 0.1) is 10.1 Å². The summed E-state index contributed by atoms with van der Waals surface area (Å²) in [6.07, 6.45) is 1.71. The average Bonchev–Trinajstić information content (AvgIpc) is 3.60. The summed E-state index contributed by atoms with van der Waals surface area (Å²) in [5, 5.41) is 15.8. The molecule has 8 nitrogen and oxygen atoms in total. The molecule has 1 N–H and O–H groups in total. The molecule has 0 radical (unpaired) electrons. The quantitative estimate of drug-likeness (QED) is 0.358. The van der Waals surface area contributed by atoms with Crippen molar-refractivity contribution in [3.05, 3.63) is 75.8 Å². The number of nitrogens with zero attached hydrogens (tertiary/aromatic N) is 3. The van der Waals surface area contributed by atoms with Crippen LogP contribution in [0.4, 0.5) is 17.1 Å². The number of hydrogen-bond donors (Lipinski definition) is 1. The lowest BCUT2D eigenvalue weighted by atomic mass is 10.1. The molecule has 1 aliphatic heterocycles. The molecule has 5 rings (SSSR count). The summed E-state index contributed by atoms with van der Waals surface area (Å²) in [5.41, 5.74) is 0.725. The highest BCUT2D eigenvalue weighted by molar-refractivity contribution is 8.15. The lowest BCUT2D eigenvalue weighted by Gasteiger charge is -2.15. The van der Waals surface area contributed by atoms with E-state index >= 15 is 0 Å². The van der Waals surface area contributed by atoms with Gasteiger partial charge in [-0.1, -0.05) is 59.8 Å². The molecule has 1 unspecified atom stereocenters. The van der Waals surface area contributed by atoms with Crippen molar-refractivity contribution in [1.29, 1.82) is 0 Å². The molecule has 34 heavy (non-hydrogen) atoms. The van der Waals surface area contributed by atoms with Gasteiger partial charge in [-0.25, -0.2) is 4.99 Å². The molecular formula is C24H19ClN4O4S. The van der Waals surface area contributed by atoms with Crippen LogP contribution in [0.15, 0.2) is 65.7 Å². The van der Waals surface area contributed by atoms with Crippen LogP contribution < -0.4 is 5.32 Å². The summed E-state index contributed by atoms with van der Waals surface area (Å²) in [6.45, 7) is 0. The molecule has 0 spiro atoms. The SMILES string of the molecule is O=C(CC1SC(=Nc2cccc3ccccc23)N(C2CC2)C1=O)Nc1cc([N+](=O)[O-])ccc1Cl. The normalized spacial score (nSPS) is 19.1. The van der Waals surface area contributed by atoms with Crippen molar-refractivity contribution in [1.82, 2.24) is 4.90 Å². The minimum absolute atomic E-state index is 0.0969. The fourth-order valence-corrected chi connectivity index (χ4v) is 5.23. The van der Waals surface area contributed by atoms with Crippen molar-refractivity contribution in [3.8, 4) is 0 Å². The molecule has 10 heteroatoms. The molecule has 172 valence electrons. The minimum atomic E-state index is -0.633. The van der Waals surface area contributed by atoms with Gasteiger partial charge in [0.1, 0.15) is 5.25 Å². The average molecular weight is 495 g/mol. The van der Waals surface area contributed by atoms with Gasteiger partial charge in [-0.3, -0.25) is 24.6 Å². The van der Waals surface area contributed by atoms with E-state index in [0.717, 1.165) is 29.3 Å². The summed E-state index contributed by atoms with van der Waals surface area (Å²) in [6, 6.07) is 17.7. The van der Waals surface area contributed by atoms with E-state index in [-0.39, 0.29) is 34.8 Å². The number of carbonyl (C=O) groups excluding carboxylic acids is 2. The Morgan fingerprint density at radius 2 is 1.94 bits per heavy atom. The van der Waals surface area contributed by atoms with Crippen molar-refractivity contribution in [2.24, 2.45) is 4.99 Å². The minimum Gasteiger partial charge on any atom is -0.325 e. The number of amides is 2. The number of thioether (sulfide) groups is 1. The van der Waals surface area contributed by atoms with Crippen LogP contribution in [0.5, 0.6) is 0 Å². The number of nitro benzene ring substituents is 1. The van der Waals surface area contributed by atoms with Gasteiger partial charge in [-0.05, 0) is 30.4 Å². The number of fused-ring (bicyclic) bond motifs is 1. The lowest BCUT2D eigenvalue weighted by Crippen LogP contribution is -2.35. The Hall–Kier alpha value is -3.43. The molecule has 1 saturated carbocycles. The number of rotatable bonds is 6.